The normalized spacial score (nSPS) is 12.9. The van der Waals surface area contributed by atoms with E-state index in [1.807, 2.05) is 0 Å². The van der Waals surface area contributed by atoms with Crippen molar-refractivity contribution in [3.05, 3.63) is 11.1 Å². The first-order valence-electron chi connectivity index (χ1n) is 9.52. The molecule has 0 rings (SSSR count). The maximum atomic E-state index is 13.5. The topological polar surface area (TPSA) is 124 Å². The molecule has 0 aliphatic rings. The molecule has 10 nitrogen and oxygen atoms in total. The molecular formula is C17H32O10P2. The second-order valence-electron chi connectivity index (χ2n) is 5.20. The van der Waals surface area contributed by atoms with Crippen molar-refractivity contribution in [2.24, 2.45) is 5.92 Å². The minimum atomic E-state index is -4.26. The molecule has 0 aromatic heterocycles. The molecule has 0 unspecified atom stereocenters. The lowest BCUT2D eigenvalue weighted by atomic mass is 10.1. The Bertz CT molecular complexity index is 608. The van der Waals surface area contributed by atoms with Gasteiger partial charge >= 0.3 is 27.1 Å². The molecule has 0 radical (unpaired) electrons. The van der Waals surface area contributed by atoms with Crippen LogP contribution in [0.3, 0.4) is 0 Å². The number of hydrogen-bond acceptors (Lipinski definition) is 10. The van der Waals surface area contributed by atoms with Gasteiger partial charge in [-0.15, -0.1) is 0 Å². The van der Waals surface area contributed by atoms with Crippen LogP contribution in [0, 0.1) is 5.92 Å². The van der Waals surface area contributed by atoms with E-state index in [0.717, 1.165) is 5.82 Å². The zero-order valence-electron chi connectivity index (χ0n) is 17.9. The summed E-state index contributed by atoms with van der Waals surface area (Å²) in [5.74, 6) is -3.06. The minimum absolute atomic E-state index is 0.00188. The molecule has 12 heteroatoms. The van der Waals surface area contributed by atoms with E-state index in [1.54, 1.807) is 41.5 Å². The summed E-state index contributed by atoms with van der Waals surface area (Å²) in [7, 11) is -8.26. The Balaban J connectivity index is 6.80. The van der Waals surface area contributed by atoms with E-state index < -0.39 is 38.4 Å². The number of rotatable bonds is 15. The number of carbonyl (C=O) groups is 2. The first-order chi connectivity index (χ1) is 13.7. The predicted molar refractivity (Wildman–Crippen MR) is 107 cm³/mol. The van der Waals surface area contributed by atoms with Gasteiger partial charge in [0, 0.05) is 5.82 Å². The van der Waals surface area contributed by atoms with Crippen LogP contribution in [0.4, 0.5) is 0 Å². The Hall–Kier alpha value is -1.02. The van der Waals surface area contributed by atoms with Crippen LogP contribution in [0.1, 0.15) is 41.5 Å². The van der Waals surface area contributed by atoms with E-state index in [-0.39, 0.29) is 39.6 Å². The lowest BCUT2D eigenvalue weighted by Gasteiger charge is -2.25. The van der Waals surface area contributed by atoms with E-state index in [4.69, 9.17) is 27.6 Å². The Kier molecular flexibility index (Phi) is 13.6. The molecule has 0 fully saturated rings. The van der Waals surface area contributed by atoms with Crippen molar-refractivity contribution >= 4 is 27.1 Å². The van der Waals surface area contributed by atoms with Crippen LogP contribution in [0.2, 0.25) is 0 Å². The second kappa shape index (κ2) is 14.1. The van der Waals surface area contributed by atoms with Crippen LogP contribution >= 0.6 is 15.2 Å². The van der Waals surface area contributed by atoms with E-state index in [9.17, 15) is 18.7 Å². The number of hydrogen-bond donors (Lipinski definition) is 0. The van der Waals surface area contributed by atoms with Gasteiger partial charge in [-0.2, -0.15) is 0 Å². The SMILES string of the molecule is CCOC(=O)C(C(=O)OCC)C(=CP(=O)(OCC)OCC)P(=O)(OCC)OCC. The van der Waals surface area contributed by atoms with Crippen molar-refractivity contribution in [1.29, 1.82) is 0 Å². The lowest BCUT2D eigenvalue weighted by molar-refractivity contribution is -0.159. The monoisotopic (exact) mass is 458 g/mol. The van der Waals surface area contributed by atoms with Crippen molar-refractivity contribution < 1.29 is 46.3 Å². The zero-order chi connectivity index (χ0) is 22.5. The highest BCUT2D eigenvalue weighted by atomic mass is 31.2. The smallest absolute Gasteiger partial charge is 0.359 e. The molecule has 0 heterocycles. The van der Waals surface area contributed by atoms with Crippen LogP contribution in [0.5, 0.6) is 0 Å². The van der Waals surface area contributed by atoms with Crippen LogP contribution in [-0.4, -0.2) is 51.6 Å². The highest BCUT2D eigenvalue weighted by molar-refractivity contribution is 7.62. The summed E-state index contributed by atoms with van der Waals surface area (Å²) in [5.41, 5.74) is 0. The van der Waals surface area contributed by atoms with Crippen LogP contribution in [0.15, 0.2) is 11.1 Å². The van der Waals surface area contributed by atoms with Gasteiger partial charge < -0.3 is 27.6 Å². The molecule has 29 heavy (non-hydrogen) atoms. The summed E-state index contributed by atoms with van der Waals surface area (Å²) in [4.78, 5) is 25.2. The first kappa shape index (κ1) is 28.0. The lowest BCUT2D eigenvalue weighted by Crippen LogP contribution is -2.30. The molecule has 0 aliphatic heterocycles. The van der Waals surface area contributed by atoms with Crippen molar-refractivity contribution in [1.82, 2.24) is 0 Å². The molecule has 0 spiro atoms. The average molecular weight is 458 g/mol. The van der Waals surface area contributed by atoms with Crippen molar-refractivity contribution in [2.45, 2.75) is 41.5 Å². The van der Waals surface area contributed by atoms with Crippen molar-refractivity contribution in [2.75, 3.05) is 39.6 Å². The third-order valence-corrected chi connectivity index (χ3v) is 7.41. The Morgan fingerprint density at radius 2 is 1.07 bits per heavy atom. The largest absolute Gasteiger partial charge is 0.465 e. The Morgan fingerprint density at radius 1 is 0.690 bits per heavy atom. The highest BCUT2D eigenvalue weighted by Crippen LogP contribution is 2.64. The summed E-state index contributed by atoms with van der Waals surface area (Å²) in [6.07, 6.45) is 0. The van der Waals surface area contributed by atoms with E-state index in [1.165, 1.54) is 0 Å². The van der Waals surface area contributed by atoms with Gasteiger partial charge in [0.25, 0.3) is 0 Å². The van der Waals surface area contributed by atoms with Crippen molar-refractivity contribution in [3.63, 3.8) is 0 Å². The fourth-order valence-electron chi connectivity index (χ4n) is 2.25. The molecular weight excluding hydrogens is 426 g/mol. The third-order valence-electron chi connectivity index (χ3n) is 3.16. The van der Waals surface area contributed by atoms with Gasteiger partial charge in [-0.25, -0.2) is 0 Å². The second-order valence-corrected chi connectivity index (χ2v) is 9.08. The summed E-state index contributed by atoms with van der Waals surface area (Å²) in [6, 6.07) is 0. The Labute approximate surface area is 172 Å². The average Bonchev–Trinajstić information content (AvgIpc) is 2.62. The molecule has 0 aromatic rings. The van der Waals surface area contributed by atoms with Gasteiger partial charge in [0.05, 0.1) is 45.0 Å². The van der Waals surface area contributed by atoms with Gasteiger partial charge in [-0.1, -0.05) is 0 Å². The summed E-state index contributed by atoms with van der Waals surface area (Å²) in [5, 5.41) is -0.497. The molecule has 170 valence electrons. The van der Waals surface area contributed by atoms with Gasteiger partial charge in [-0.05, 0) is 41.5 Å². The van der Waals surface area contributed by atoms with Crippen LogP contribution in [0.25, 0.3) is 0 Å². The highest BCUT2D eigenvalue weighted by Gasteiger charge is 2.46. The maximum absolute atomic E-state index is 13.5. The van der Waals surface area contributed by atoms with Gasteiger partial charge in [0.1, 0.15) is 0 Å². The number of ether oxygens (including phenoxy) is 2. The fraction of sp³-hybridized carbons (Fsp3) is 0.765. The van der Waals surface area contributed by atoms with E-state index in [0.29, 0.717) is 0 Å². The molecule has 0 atom stereocenters. The zero-order valence-corrected chi connectivity index (χ0v) is 19.7. The molecule has 0 aliphatic carbocycles. The van der Waals surface area contributed by atoms with Gasteiger partial charge in [0.15, 0.2) is 5.92 Å². The Morgan fingerprint density at radius 3 is 1.38 bits per heavy atom. The van der Waals surface area contributed by atoms with E-state index in [2.05, 4.69) is 0 Å². The molecule has 0 aromatic carbocycles. The summed E-state index contributed by atoms with van der Waals surface area (Å²) in [6.45, 7) is 9.11. The molecule has 0 saturated heterocycles. The summed E-state index contributed by atoms with van der Waals surface area (Å²) >= 11 is 0. The summed E-state index contributed by atoms with van der Waals surface area (Å²) < 4.78 is 57.5. The molecule has 0 amide bonds. The van der Waals surface area contributed by atoms with E-state index >= 15 is 0 Å². The molecule has 0 bridgehead atoms. The quantitative estimate of drug-likeness (QED) is 0.201. The molecule has 0 saturated carbocycles. The van der Waals surface area contributed by atoms with Crippen LogP contribution in [-0.2, 0) is 46.3 Å². The van der Waals surface area contributed by atoms with Crippen LogP contribution < -0.4 is 0 Å². The fourth-order valence-corrected chi connectivity index (χ4v) is 6.24. The van der Waals surface area contributed by atoms with Gasteiger partial charge in [0.2, 0.25) is 0 Å². The van der Waals surface area contributed by atoms with Crippen molar-refractivity contribution in [3.8, 4) is 0 Å². The first-order valence-corrected chi connectivity index (χ1v) is 12.7. The third kappa shape index (κ3) is 8.70. The standard InChI is InChI=1S/C17H32O10P2/c1-7-22-16(18)15(17(19)23-8-2)14(29(21,26-11-5)27-12-6)13-28(20,24-9-3)25-10-4/h13,15H,7-12H2,1-6H3. The number of esters is 2. The predicted octanol–water partition coefficient (Wildman–Crippen LogP) is 4.10. The van der Waals surface area contributed by atoms with Gasteiger partial charge in [-0.3, -0.25) is 18.7 Å². The molecule has 0 N–H and O–H groups in total. The minimum Gasteiger partial charge on any atom is -0.465 e. The maximum Gasteiger partial charge on any atom is 0.359 e. The number of carbonyl (C=O) groups excluding carboxylic acids is 2.